The molecule has 0 bridgehead atoms. The summed E-state index contributed by atoms with van der Waals surface area (Å²) in [5.41, 5.74) is 29.2. The van der Waals surface area contributed by atoms with Crippen LogP contribution in [0.3, 0.4) is 0 Å². The SMILES string of the molecule is COCCNc1nccn2c(C)cnc12.Cc1cnc2c(N)nccn12.Cc1cnc2c(NC(c3ccccc3)c3ccccc3)nccn12.Cc1cnc2c(NCCc3ccncc3)nccn12.Cc1cnc2c(NCc3ccccc3)nccn12.Cc1cnc2c(NCc3cccnc3)nccn12.Cc1cnc2c(NCc3ccncc3)nccn12.Cc1cnc2c(Nc3ccccc3)nccn12. The fourth-order valence-corrected chi connectivity index (χ4v) is 14.9. The van der Waals surface area contributed by atoms with Crippen LogP contribution in [-0.4, -0.2) is 157 Å². The number of benzene rings is 4. The number of nitrogens with zero attached hydrogens (tertiary/aromatic N) is 27. The summed E-state index contributed by atoms with van der Waals surface area (Å²) in [4.78, 5) is 81.1. The number of hydrogen-bond donors (Lipinski definition) is 8. The maximum Gasteiger partial charge on any atom is 0.180 e. The molecule has 0 aliphatic rings. The van der Waals surface area contributed by atoms with Crippen LogP contribution in [0.15, 0.2) is 344 Å². The Morgan fingerprint density at radius 3 is 0.943 bits per heavy atom. The van der Waals surface area contributed by atoms with Crippen LogP contribution in [0.2, 0.25) is 0 Å². The number of ether oxygens (including phenoxy) is 1. The van der Waals surface area contributed by atoms with Crippen molar-refractivity contribution < 1.29 is 4.74 Å². The predicted molar refractivity (Wildman–Crippen MR) is 548 cm³/mol. The van der Waals surface area contributed by atoms with Gasteiger partial charge < -0.3 is 47.7 Å². The van der Waals surface area contributed by atoms with Crippen molar-refractivity contribution >= 4 is 97.4 Å². The number of aromatic nitrogens is 27. The molecule has 704 valence electrons. The number of nitrogens with two attached hydrogens (primary N) is 1. The van der Waals surface area contributed by atoms with E-state index >= 15 is 0 Å². The van der Waals surface area contributed by atoms with E-state index in [4.69, 9.17) is 10.5 Å². The lowest BCUT2D eigenvalue weighted by atomic mass is 9.99. The summed E-state index contributed by atoms with van der Waals surface area (Å²) in [5.74, 6) is 6.04. The molecular weight excluding hydrogens is 1760 g/mol. The summed E-state index contributed by atoms with van der Waals surface area (Å²) in [6.07, 6.45) is 55.8. The Morgan fingerprint density at radius 2 is 0.564 bits per heavy atom. The Hall–Kier alpha value is -18.4. The van der Waals surface area contributed by atoms with E-state index in [1.54, 1.807) is 81.5 Å². The molecule has 0 radical (unpaired) electrons. The molecule has 36 nitrogen and oxygen atoms in total. The first-order valence-electron chi connectivity index (χ1n) is 45.3. The number of hydrogen-bond acceptors (Lipinski definition) is 28. The molecule has 0 aliphatic heterocycles. The molecule has 0 saturated carbocycles. The third kappa shape index (κ3) is 24.2. The number of fused-ring (bicyclic) bond motifs is 8. The summed E-state index contributed by atoms with van der Waals surface area (Å²) in [5, 5.41) is 23.3. The first-order valence-corrected chi connectivity index (χ1v) is 45.3. The van der Waals surface area contributed by atoms with E-state index < -0.39 is 0 Å². The number of anilines is 9. The van der Waals surface area contributed by atoms with Crippen LogP contribution in [0.5, 0.6) is 0 Å². The molecule has 0 atom stereocenters. The van der Waals surface area contributed by atoms with Crippen LogP contribution in [0.25, 0.3) is 45.2 Å². The quantitative estimate of drug-likeness (QED) is 0.0276. The number of nitrogen functional groups attached to an aromatic ring is 1. The van der Waals surface area contributed by atoms with Gasteiger partial charge in [0.2, 0.25) is 0 Å². The van der Waals surface area contributed by atoms with Gasteiger partial charge in [-0.1, -0.05) is 115 Å². The highest BCUT2D eigenvalue weighted by Crippen LogP contribution is 2.29. The van der Waals surface area contributed by atoms with Crippen LogP contribution in [0, 0.1) is 55.4 Å². The van der Waals surface area contributed by atoms with Gasteiger partial charge in [0.05, 0.1) is 12.6 Å². The summed E-state index contributed by atoms with van der Waals surface area (Å²) in [6.45, 7) is 20.5. The van der Waals surface area contributed by atoms with Crippen LogP contribution < -0.4 is 43.0 Å². The van der Waals surface area contributed by atoms with Gasteiger partial charge in [0.25, 0.3) is 0 Å². The Kier molecular flexibility index (Phi) is 31.9. The third-order valence-electron chi connectivity index (χ3n) is 22.3. The first kappa shape index (κ1) is 94.8. The number of para-hydroxylation sites is 1. The minimum Gasteiger partial charge on any atom is -0.383 e. The van der Waals surface area contributed by atoms with Gasteiger partial charge in [-0.05, 0) is 138 Å². The fourth-order valence-electron chi connectivity index (χ4n) is 14.9. The van der Waals surface area contributed by atoms with Crippen molar-refractivity contribution in [1.29, 1.82) is 0 Å². The lowest BCUT2D eigenvalue weighted by molar-refractivity contribution is 0.210. The monoisotopic (exact) mass is 1860 g/mol. The average molecular weight is 1860 g/mol. The highest BCUT2D eigenvalue weighted by atomic mass is 16.5. The number of pyridine rings is 3. The smallest absolute Gasteiger partial charge is 0.180 e. The molecule has 0 fully saturated rings. The summed E-state index contributed by atoms with van der Waals surface area (Å²) < 4.78 is 21.0. The van der Waals surface area contributed by atoms with E-state index in [1.165, 1.54) is 22.3 Å². The highest BCUT2D eigenvalue weighted by Gasteiger charge is 2.19. The van der Waals surface area contributed by atoms with Gasteiger partial charge in [0.1, 0.15) is 0 Å². The second kappa shape index (κ2) is 47.0. The van der Waals surface area contributed by atoms with Crippen molar-refractivity contribution in [2.45, 2.75) is 87.5 Å². The van der Waals surface area contributed by atoms with E-state index in [1.807, 2.05) is 299 Å². The number of nitrogens with one attached hydrogen (secondary N) is 7. The van der Waals surface area contributed by atoms with Crippen molar-refractivity contribution in [1.82, 2.24) is 130 Å². The Labute approximate surface area is 807 Å². The zero-order valence-electron chi connectivity index (χ0n) is 78.9. The summed E-state index contributed by atoms with van der Waals surface area (Å²) >= 11 is 0. The number of imidazole rings is 8. The van der Waals surface area contributed by atoms with Gasteiger partial charge in [-0.2, -0.15) is 0 Å². The maximum atomic E-state index is 5.58. The molecule has 0 amide bonds. The van der Waals surface area contributed by atoms with Crippen LogP contribution in [-0.2, 0) is 30.8 Å². The standard InChI is InChI=1S/C20H18N4.C14H15N5.C14H14N4.2C13H13N5.C13H12N4.C10H14N4O.C7H8N4/c1-15-14-22-20-19(21-12-13-24(15)20)23-18(16-8-4-2-5-9-16)17-10-6-3-7-11-17;1-11-10-18-14-13(17-8-9-19(11)14)16-7-4-12-2-5-15-6-3-12;1-11-9-17-14-13(15-7-8-18(11)14)16-10-12-5-3-2-4-6-12;1-10-8-17-13-12(15-6-7-18(10)13)16-9-11-2-4-14-5-3-11;1-10-7-17-13-12(15-5-6-18(10)13)16-9-11-3-2-4-14-8-11;1-10-9-15-13-12(14-7-8-17(10)13)16-11-5-3-2-4-6-11;1-8-7-13-10-9(12-4-6-15-2)11-3-5-14(8)10;1-5-4-10-7-6(8)9-2-3-11(5)7/h2-14,18H,1H3,(H,21,23);2-3,5-6,8-10H,4,7H2,1H3,(H,16,17);2-9H,10H2,1H3,(H,15,16);2*2-8H,9H2,1H3,(H,15,16);2-9H,1H3,(H,14,16);3,5,7H,4,6H2,1-2H3,(H,11,12);2-4H,1H3,(H2,8,9). The molecule has 0 aliphatic carbocycles. The Balaban J connectivity index is 0.000000116. The number of rotatable bonds is 23. The molecule has 23 aromatic rings. The van der Waals surface area contributed by atoms with Crippen molar-refractivity contribution in [3.8, 4) is 0 Å². The molecule has 140 heavy (non-hydrogen) atoms. The molecule has 19 heterocycles. The van der Waals surface area contributed by atoms with Crippen LogP contribution >= 0.6 is 0 Å². The van der Waals surface area contributed by atoms with E-state index in [0.29, 0.717) is 25.5 Å². The number of methoxy groups -OCH3 is 1. The minimum atomic E-state index is 0.0168. The molecular formula is C104H107N35O. The third-order valence-corrected chi connectivity index (χ3v) is 22.3. The zero-order valence-corrected chi connectivity index (χ0v) is 78.9. The topological polar surface area (TPSA) is 400 Å². The van der Waals surface area contributed by atoms with Crippen molar-refractivity contribution in [2.24, 2.45) is 0 Å². The average Bonchev–Trinajstić information content (AvgIpc) is 1.62. The van der Waals surface area contributed by atoms with Crippen LogP contribution in [0.4, 0.5) is 52.2 Å². The van der Waals surface area contributed by atoms with Gasteiger partial charge in [-0.3, -0.25) is 50.2 Å². The second-order valence-corrected chi connectivity index (χ2v) is 32.1. The molecule has 0 saturated heterocycles. The van der Waals surface area contributed by atoms with Crippen molar-refractivity contribution in [3.05, 3.63) is 423 Å². The Morgan fingerprint density at radius 1 is 0.264 bits per heavy atom. The van der Waals surface area contributed by atoms with Gasteiger partial charge in [0, 0.05) is 277 Å². The lowest BCUT2D eigenvalue weighted by Crippen LogP contribution is -2.14. The maximum absolute atomic E-state index is 5.58. The first-order chi connectivity index (χ1) is 68.7. The van der Waals surface area contributed by atoms with E-state index in [9.17, 15) is 0 Å². The normalized spacial score (nSPS) is 10.8. The molecule has 36 heteroatoms. The Bertz CT molecular complexity index is 7500. The van der Waals surface area contributed by atoms with Gasteiger partial charge in [-0.25, -0.2) is 79.7 Å². The van der Waals surface area contributed by atoms with Crippen LogP contribution in [0.1, 0.15) is 85.0 Å². The minimum absolute atomic E-state index is 0.0168. The van der Waals surface area contributed by atoms with E-state index in [2.05, 4.69) is 193 Å². The fraction of sp³-hybridized carbons (Fsp3) is 0.163. The predicted octanol–water partition coefficient (Wildman–Crippen LogP) is 17.6. The highest BCUT2D eigenvalue weighted by molar-refractivity contribution is 5.71. The molecule has 19 aromatic heterocycles. The largest absolute Gasteiger partial charge is 0.383 e. The molecule has 23 rings (SSSR count). The second-order valence-electron chi connectivity index (χ2n) is 32.1. The van der Waals surface area contributed by atoms with Crippen molar-refractivity contribution in [3.63, 3.8) is 0 Å². The van der Waals surface area contributed by atoms with Gasteiger partial charge >= 0.3 is 0 Å². The van der Waals surface area contributed by atoms with Gasteiger partial charge in [0.15, 0.2) is 91.7 Å². The van der Waals surface area contributed by atoms with Crippen molar-refractivity contribution in [2.75, 3.05) is 69.8 Å². The van der Waals surface area contributed by atoms with E-state index in [0.717, 1.165) is 174 Å². The molecule has 9 N–H and O–H groups in total. The number of aryl methyl sites for hydroxylation is 8. The summed E-state index contributed by atoms with van der Waals surface area (Å²) in [7, 11) is 1.68. The molecule has 0 unspecified atom stereocenters. The van der Waals surface area contributed by atoms with Gasteiger partial charge in [-0.15, -0.1) is 0 Å². The lowest BCUT2D eigenvalue weighted by Gasteiger charge is -2.20. The molecule has 0 spiro atoms. The van der Waals surface area contributed by atoms with E-state index in [-0.39, 0.29) is 6.04 Å². The zero-order chi connectivity index (χ0) is 96.7. The molecule has 4 aromatic carbocycles. The summed E-state index contributed by atoms with van der Waals surface area (Å²) in [6, 6.07) is 53.0.